The van der Waals surface area contributed by atoms with Crippen molar-refractivity contribution in [2.75, 3.05) is 0 Å². The minimum Gasteiger partial charge on any atom is -0.413 e. The summed E-state index contributed by atoms with van der Waals surface area (Å²) >= 11 is 0. The fourth-order valence-electron chi connectivity index (χ4n) is 8.65. The highest BCUT2D eigenvalue weighted by molar-refractivity contribution is 6.74. The summed E-state index contributed by atoms with van der Waals surface area (Å²) in [4.78, 5) is 12.6. The van der Waals surface area contributed by atoms with E-state index in [1.807, 2.05) is 13.8 Å². The number of ketones is 1. The smallest absolute Gasteiger partial charge is 0.192 e. The van der Waals surface area contributed by atoms with Crippen molar-refractivity contribution in [3.05, 3.63) is 0 Å². The first kappa shape index (κ1) is 25.4. The van der Waals surface area contributed by atoms with Gasteiger partial charge in [-0.15, -0.1) is 0 Å². The molecule has 0 spiro atoms. The number of carbonyl (C=O) groups is 1. The molecule has 1 saturated heterocycles. The second kappa shape index (κ2) is 7.40. The van der Waals surface area contributed by atoms with Gasteiger partial charge in [0.15, 0.2) is 14.1 Å². The molecular formula is C28H48O5Si. The summed E-state index contributed by atoms with van der Waals surface area (Å²) in [5, 5.41) is 12.4. The molecule has 7 unspecified atom stereocenters. The fourth-order valence-corrected chi connectivity index (χ4v) is 10.1. The van der Waals surface area contributed by atoms with Crippen LogP contribution in [0.5, 0.6) is 0 Å². The third-order valence-corrected chi connectivity index (χ3v) is 16.2. The van der Waals surface area contributed by atoms with Crippen molar-refractivity contribution in [1.82, 2.24) is 0 Å². The number of carbonyl (C=O) groups excluding carboxylic acids is 1. The molecule has 1 N–H and O–H groups in total. The minimum absolute atomic E-state index is 0.119. The van der Waals surface area contributed by atoms with Gasteiger partial charge in [-0.05, 0) is 87.3 Å². The molecule has 5 nitrogen and oxygen atoms in total. The molecule has 4 saturated carbocycles. The first-order valence-electron chi connectivity index (χ1n) is 13.7. The van der Waals surface area contributed by atoms with Crippen LogP contribution in [0.2, 0.25) is 18.1 Å². The van der Waals surface area contributed by atoms with E-state index in [2.05, 4.69) is 47.7 Å². The zero-order valence-corrected chi connectivity index (χ0v) is 24.0. The van der Waals surface area contributed by atoms with E-state index in [1.54, 1.807) is 0 Å². The molecule has 9 atom stereocenters. The van der Waals surface area contributed by atoms with Crippen molar-refractivity contribution in [2.24, 2.45) is 28.6 Å². The molecule has 0 aromatic rings. The van der Waals surface area contributed by atoms with E-state index in [1.165, 1.54) is 0 Å². The minimum atomic E-state index is -1.88. The maximum Gasteiger partial charge on any atom is 0.192 e. The zero-order valence-electron chi connectivity index (χ0n) is 23.0. The Bertz CT molecular complexity index is 863. The molecule has 6 heteroatoms. The van der Waals surface area contributed by atoms with Crippen molar-refractivity contribution in [3.63, 3.8) is 0 Å². The molecule has 5 aliphatic rings. The Morgan fingerprint density at radius 3 is 2.32 bits per heavy atom. The highest BCUT2D eigenvalue weighted by Gasteiger charge is 2.74. The van der Waals surface area contributed by atoms with Crippen molar-refractivity contribution in [3.8, 4) is 0 Å². The maximum absolute atomic E-state index is 12.6. The van der Waals surface area contributed by atoms with E-state index in [-0.39, 0.29) is 40.3 Å². The van der Waals surface area contributed by atoms with Crippen molar-refractivity contribution in [2.45, 2.75) is 141 Å². The van der Waals surface area contributed by atoms with E-state index in [0.29, 0.717) is 24.2 Å². The molecule has 0 aromatic carbocycles. The van der Waals surface area contributed by atoms with Gasteiger partial charge in [-0.3, -0.25) is 4.79 Å². The molecule has 0 radical (unpaired) electrons. The molecule has 1 aliphatic heterocycles. The van der Waals surface area contributed by atoms with Gasteiger partial charge in [0, 0.05) is 18.3 Å². The van der Waals surface area contributed by atoms with Crippen LogP contribution in [-0.2, 0) is 18.7 Å². The van der Waals surface area contributed by atoms with E-state index < -0.39 is 25.8 Å². The third-order valence-electron chi connectivity index (χ3n) is 11.7. The number of ether oxygens (including phenoxy) is 2. The maximum atomic E-state index is 12.6. The second-order valence-corrected chi connectivity index (χ2v) is 19.6. The van der Waals surface area contributed by atoms with Crippen molar-refractivity contribution in [1.29, 1.82) is 0 Å². The fraction of sp³-hybridized carbons (Fsp3) is 0.964. The standard InChI is InChI=1S/C28H48O5Si/c1-24(2,3)34(8,9)33-20-11-10-18-21-19(13-14-26(18,20)6)27(7)15-12-17(29)16-28(27,30)23-22(21)31-25(4,5)32-23/h18-23,30H,10-16H2,1-9H3/t18?,19?,20?,21?,22?,23?,26-,27+,28?/m0/s1. The van der Waals surface area contributed by atoms with Gasteiger partial charge in [0.25, 0.3) is 0 Å². The number of Topliss-reactive ketones (excluding diaryl/α,β-unsaturated/α-hetero) is 1. The number of fused-ring (bicyclic) bond motifs is 8. The average molecular weight is 493 g/mol. The summed E-state index contributed by atoms with van der Waals surface area (Å²) < 4.78 is 20.2. The van der Waals surface area contributed by atoms with Gasteiger partial charge in [-0.1, -0.05) is 34.6 Å². The molecule has 0 bridgehead atoms. The number of hydrogen-bond acceptors (Lipinski definition) is 5. The molecule has 5 fully saturated rings. The Morgan fingerprint density at radius 2 is 1.68 bits per heavy atom. The van der Waals surface area contributed by atoms with Crippen LogP contribution in [-0.4, -0.2) is 48.9 Å². The Labute approximate surface area is 207 Å². The summed E-state index contributed by atoms with van der Waals surface area (Å²) in [6, 6.07) is 0. The predicted molar refractivity (Wildman–Crippen MR) is 135 cm³/mol. The van der Waals surface area contributed by atoms with Gasteiger partial charge in [-0.2, -0.15) is 0 Å². The molecule has 1 heterocycles. The van der Waals surface area contributed by atoms with Crippen LogP contribution in [0.4, 0.5) is 0 Å². The molecule has 194 valence electrons. The molecule has 0 aromatic heterocycles. The van der Waals surface area contributed by atoms with E-state index in [0.717, 1.165) is 32.1 Å². The first-order chi connectivity index (χ1) is 15.5. The lowest BCUT2D eigenvalue weighted by atomic mass is 9.42. The normalized spacial score (nSPS) is 50.4. The summed E-state index contributed by atoms with van der Waals surface area (Å²) in [7, 11) is -1.88. The van der Waals surface area contributed by atoms with Gasteiger partial charge in [0.05, 0.1) is 12.2 Å². The number of rotatable bonds is 2. The first-order valence-corrected chi connectivity index (χ1v) is 16.6. The lowest BCUT2D eigenvalue weighted by Crippen LogP contribution is -2.72. The SMILES string of the molecule is CC1(C)OC2C3C4CCC(O[Si](C)(C)C(C)(C)C)[C@@]4(C)CCC3[C@@]3(C)CCC(=O)CC3(O)C2O1. The summed E-state index contributed by atoms with van der Waals surface area (Å²) in [6.45, 7) is 20.4. The van der Waals surface area contributed by atoms with Crippen LogP contribution >= 0.6 is 0 Å². The van der Waals surface area contributed by atoms with Crippen LogP contribution in [0.3, 0.4) is 0 Å². The van der Waals surface area contributed by atoms with Gasteiger partial charge in [-0.25, -0.2) is 0 Å². The largest absolute Gasteiger partial charge is 0.413 e. The molecule has 4 aliphatic carbocycles. The van der Waals surface area contributed by atoms with E-state index in [4.69, 9.17) is 13.9 Å². The van der Waals surface area contributed by atoms with Gasteiger partial charge in [0.2, 0.25) is 0 Å². The van der Waals surface area contributed by atoms with Gasteiger partial charge in [0.1, 0.15) is 17.5 Å². The van der Waals surface area contributed by atoms with Crippen LogP contribution in [0.1, 0.15) is 93.4 Å². The third kappa shape index (κ3) is 3.34. The average Bonchev–Trinajstić information content (AvgIpc) is 3.19. The molecule has 34 heavy (non-hydrogen) atoms. The Morgan fingerprint density at radius 1 is 1.00 bits per heavy atom. The predicted octanol–water partition coefficient (Wildman–Crippen LogP) is 5.84. The zero-order chi connectivity index (χ0) is 25.1. The lowest BCUT2D eigenvalue weighted by Gasteiger charge is -2.65. The monoisotopic (exact) mass is 492 g/mol. The Hall–Kier alpha value is -0.273. The van der Waals surface area contributed by atoms with E-state index >= 15 is 0 Å². The van der Waals surface area contributed by atoms with Crippen molar-refractivity contribution < 1.29 is 23.8 Å². The number of hydrogen-bond donors (Lipinski definition) is 1. The second-order valence-electron chi connectivity index (χ2n) is 14.9. The topological polar surface area (TPSA) is 65.0 Å². The molecule has 5 rings (SSSR count). The highest BCUT2D eigenvalue weighted by atomic mass is 28.4. The molecule has 0 amide bonds. The van der Waals surface area contributed by atoms with Gasteiger partial charge < -0.3 is 19.0 Å². The number of aliphatic hydroxyl groups is 1. The van der Waals surface area contributed by atoms with Crippen molar-refractivity contribution >= 4 is 14.1 Å². The van der Waals surface area contributed by atoms with Crippen LogP contribution in [0.15, 0.2) is 0 Å². The Kier molecular flexibility index (Phi) is 5.52. The van der Waals surface area contributed by atoms with Crippen LogP contribution < -0.4 is 0 Å². The molecular weight excluding hydrogens is 444 g/mol. The van der Waals surface area contributed by atoms with E-state index in [9.17, 15) is 9.90 Å². The summed E-state index contributed by atoms with van der Waals surface area (Å²) in [5.41, 5.74) is -1.35. The van der Waals surface area contributed by atoms with Crippen LogP contribution in [0.25, 0.3) is 0 Å². The summed E-state index contributed by atoms with van der Waals surface area (Å²) in [5.74, 6) is 0.580. The summed E-state index contributed by atoms with van der Waals surface area (Å²) in [6.07, 6.45) is 5.65. The quantitative estimate of drug-likeness (QED) is 0.490. The van der Waals surface area contributed by atoms with Crippen LogP contribution in [0, 0.1) is 28.6 Å². The highest BCUT2D eigenvalue weighted by Crippen LogP contribution is 2.69. The lowest BCUT2D eigenvalue weighted by molar-refractivity contribution is -0.260. The Balaban J connectivity index is 1.53. The van der Waals surface area contributed by atoms with Gasteiger partial charge >= 0.3 is 0 Å².